The number of ether oxygens (including phenoxy) is 2. The van der Waals surface area contributed by atoms with E-state index in [-0.39, 0.29) is 36.9 Å². The second-order valence-electron chi connectivity index (χ2n) is 10.6. The summed E-state index contributed by atoms with van der Waals surface area (Å²) in [6, 6.07) is 15.0. The number of carbonyl (C=O) groups excluding carboxylic acids is 4. The van der Waals surface area contributed by atoms with E-state index in [1.807, 2.05) is 48.5 Å². The fourth-order valence-corrected chi connectivity index (χ4v) is 4.35. The van der Waals surface area contributed by atoms with Crippen molar-refractivity contribution in [1.82, 2.24) is 21.7 Å². The number of benzene rings is 2. The van der Waals surface area contributed by atoms with E-state index in [2.05, 4.69) is 49.4 Å². The highest BCUT2D eigenvalue weighted by atomic mass is 16.5. The molecule has 1 saturated carbocycles. The molecule has 4 N–H and O–H groups in total. The minimum atomic E-state index is -0.471. The van der Waals surface area contributed by atoms with Crippen LogP contribution in [0.5, 0.6) is 11.5 Å². The minimum absolute atomic E-state index is 0.227. The maximum absolute atomic E-state index is 12.5. The van der Waals surface area contributed by atoms with Gasteiger partial charge in [-0.25, -0.2) is 0 Å². The van der Waals surface area contributed by atoms with Crippen LogP contribution in [-0.4, -0.2) is 36.8 Å². The Hall–Kier alpha value is -4.08. The lowest BCUT2D eigenvalue weighted by molar-refractivity contribution is -0.135. The Morgan fingerprint density at radius 1 is 0.600 bits per heavy atom. The largest absolute Gasteiger partial charge is 0.484 e. The molecule has 0 heterocycles. The quantitative estimate of drug-likeness (QED) is 0.333. The number of nitrogens with one attached hydrogen (secondary N) is 4. The van der Waals surface area contributed by atoms with Gasteiger partial charge in [0.15, 0.2) is 13.2 Å². The Bertz CT molecular complexity index is 1050. The molecule has 3 rings (SSSR count). The zero-order valence-electron chi connectivity index (χ0n) is 23.6. The Balaban J connectivity index is 1.28. The highest BCUT2D eigenvalue weighted by Gasteiger charge is 2.30. The van der Waals surface area contributed by atoms with Gasteiger partial charge in [0.25, 0.3) is 11.8 Å². The lowest BCUT2D eigenvalue weighted by Gasteiger charge is -2.27. The van der Waals surface area contributed by atoms with Crippen molar-refractivity contribution in [2.45, 2.75) is 65.2 Å². The lowest BCUT2D eigenvalue weighted by Crippen LogP contribution is -2.48. The second kappa shape index (κ2) is 14.9. The third-order valence-corrected chi connectivity index (χ3v) is 6.95. The van der Waals surface area contributed by atoms with Crippen molar-refractivity contribution in [3.63, 3.8) is 0 Å². The first kappa shape index (κ1) is 30.5. The summed E-state index contributed by atoms with van der Waals surface area (Å²) in [5.41, 5.74) is 12.0. The molecule has 216 valence electrons. The van der Waals surface area contributed by atoms with Gasteiger partial charge in [0, 0.05) is 11.8 Å². The third-order valence-electron chi connectivity index (χ3n) is 6.95. The van der Waals surface area contributed by atoms with E-state index < -0.39 is 11.8 Å². The summed E-state index contributed by atoms with van der Waals surface area (Å²) in [6.45, 7) is 7.93. The van der Waals surface area contributed by atoms with E-state index in [9.17, 15) is 19.2 Å². The zero-order valence-corrected chi connectivity index (χ0v) is 23.6. The van der Waals surface area contributed by atoms with Gasteiger partial charge in [-0.15, -0.1) is 0 Å². The molecule has 0 atom stereocenters. The lowest BCUT2D eigenvalue weighted by atomic mass is 9.81. The van der Waals surface area contributed by atoms with Crippen molar-refractivity contribution in [2.75, 3.05) is 13.2 Å². The molecule has 1 aliphatic rings. The molecule has 0 unspecified atom stereocenters. The summed E-state index contributed by atoms with van der Waals surface area (Å²) in [5.74, 6) is -0.240. The molecule has 0 saturated heterocycles. The number of hydrazine groups is 2. The summed E-state index contributed by atoms with van der Waals surface area (Å²) in [7, 11) is 0. The molecule has 2 aromatic rings. The number of amides is 4. The first-order valence-electron chi connectivity index (χ1n) is 13.7. The monoisotopic (exact) mass is 552 g/mol. The molecule has 40 heavy (non-hydrogen) atoms. The van der Waals surface area contributed by atoms with Crippen LogP contribution in [-0.2, 0) is 19.2 Å². The summed E-state index contributed by atoms with van der Waals surface area (Å²) in [6.07, 6.45) is 1.95. The average molecular weight is 553 g/mol. The van der Waals surface area contributed by atoms with E-state index in [0.717, 1.165) is 0 Å². The van der Waals surface area contributed by atoms with Gasteiger partial charge in [0.05, 0.1) is 0 Å². The zero-order chi connectivity index (χ0) is 29.1. The summed E-state index contributed by atoms with van der Waals surface area (Å²) in [5, 5.41) is 0. The average Bonchev–Trinajstić information content (AvgIpc) is 2.96. The highest BCUT2D eigenvalue weighted by Crippen LogP contribution is 2.29. The van der Waals surface area contributed by atoms with E-state index in [1.54, 1.807) is 0 Å². The normalized spacial score (nSPS) is 16.6. The molecule has 0 spiro atoms. The standard InChI is InChI=1S/C30H40N4O6/c1-19(2)21-9-13-25(14-10-21)39-17-27(35)31-33-29(37)23-5-7-24(8-6-23)30(38)34-32-28(36)18-40-26-15-11-22(12-16-26)20(3)4/h9-16,19-20,23-24H,5-8,17-18H2,1-4H3,(H,31,35)(H,32,36)(H,33,37)(H,34,38). The van der Waals surface area contributed by atoms with E-state index in [4.69, 9.17) is 9.47 Å². The minimum Gasteiger partial charge on any atom is -0.484 e. The fraction of sp³-hybridized carbons (Fsp3) is 0.467. The van der Waals surface area contributed by atoms with Gasteiger partial charge in [0.2, 0.25) is 11.8 Å². The van der Waals surface area contributed by atoms with Gasteiger partial charge < -0.3 is 9.47 Å². The number of hydrogen-bond donors (Lipinski definition) is 4. The van der Waals surface area contributed by atoms with Crippen LogP contribution in [0.2, 0.25) is 0 Å². The Morgan fingerprint density at radius 2 is 0.925 bits per heavy atom. The van der Waals surface area contributed by atoms with E-state index in [1.165, 1.54) is 11.1 Å². The van der Waals surface area contributed by atoms with Crippen molar-refractivity contribution in [3.05, 3.63) is 59.7 Å². The molecule has 2 aromatic carbocycles. The van der Waals surface area contributed by atoms with E-state index >= 15 is 0 Å². The van der Waals surface area contributed by atoms with Crippen LogP contribution in [0.1, 0.15) is 76.3 Å². The van der Waals surface area contributed by atoms with Crippen molar-refractivity contribution in [1.29, 1.82) is 0 Å². The van der Waals surface area contributed by atoms with E-state index in [0.29, 0.717) is 49.0 Å². The SMILES string of the molecule is CC(C)c1ccc(OCC(=O)NNC(=O)C2CCC(C(=O)NNC(=O)COc3ccc(C(C)C)cc3)CC2)cc1. The van der Waals surface area contributed by atoms with Gasteiger partial charge in [-0.05, 0) is 72.9 Å². The molecular weight excluding hydrogens is 512 g/mol. The molecule has 10 heteroatoms. The first-order valence-corrected chi connectivity index (χ1v) is 13.7. The van der Waals surface area contributed by atoms with Crippen molar-refractivity contribution < 1.29 is 28.7 Å². The maximum atomic E-state index is 12.5. The van der Waals surface area contributed by atoms with Crippen LogP contribution in [0.25, 0.3) is 0 Å². The van der Waals surface area contributed by atoms with Crippen LogP contribution in [0.15, 0.2) is 48.5 Å². The molecule has 1 aliphatic carbocycles. The topological polar surface area (TPSA) is 135 Å². The number of rotatable bonds is 10. The Kier molecular flexibility index (Phi) is 11.4. The summed E-state index contributed by atoms with van der Waals surface area (Å²) in [4.78, 5) is 49.1. The van der Waals surface area contributed by atoms with Gasteiger partial charge in [-0.2, -0.15) is 0 Å². The second-order valence-corrected chi connectivity index (χ2v) is 10.6. The molecule has 1 fully saturated rings. The first-order chi connectivity index (χ1) is 19.1. The summed E-state index contributed by atoms with van der Waals surface area (Å²) < 4.78 is 10.9. The Morgan fingerprint density at radius 3 is 1.23 bits per heavy atom. The smallest absolute Gasteiger partial charge is 0.276 e. The predicted molar refractivity (Wildman–Crippen MR) is 150 cm³/mol. The van der Waals surface area contributed by atoms with Gasteiger partial charge in [-0.1, -0.05) is 52.0 Å². The van der Waals surface area contributed by atoms with Crippen LogP contribution in [0.4, 0.5) is 0 Å². The van der Waals surface area contributed by atoms with Crippen LogP contribution >= 0.6 is 0 Å². The van der Waals surface area contributed by atoms with Gasteiger partial charge in [-0.3, -0.25) is 40.9 Å². The van der Waals surface area contributed by atoms with Gasteiger partial charge >= 0.3 is 0 Å². The molecule has 0 aliphatic heterocycles. The molecule has 0 radical (unpaired) electrons. The maximum Gasteiger partial charge on any atom is 0.276 e. The molecule has 4 amide bonds. The van der Waals surface area contributed by atoms with Crippen molar-refractivity contribution in [3.8, 4) is 11.5 Å². The van der Waals surface area contributed by atoms with Crippen LogP contribution in [0.3, 0.4) is 0 Å². The number of carbonyl (C=O) groups is 4. The molecule has 0 bridgehead atoms. The summed E-state index contributed by atoms with van der Waals surface area (Å²) >= 11 is 0. The fourth-order valence-electron chi connectivity index (χ4n) is 4.35. The highest BCUT2D eigenvalue weighted by molar-refractivity contribution is 5.85. The van der Waals surface area contributed by atoms with Crippen molar-refractivity contribution in [2.24, 2.45) is 11.8 Å². The molecule has 0 aromatic heterocycles. The Labute approximate surface area is 235 Å². The molecule has 10 nitrogen and oxygen atoms in total. The van der Waals surface area contributed by atoms with Gasteiger partial charge in [0.1, 0.15) is 11.5 Å². The number of hydrogen-bond acceptors (Lipinski definition) is 6. The third kappa shape index (κ3) is 9.59. The predicted octanol–water partition coefficient (Wildman–Crippen LogP) is 3.49. The van der Waals surface area contributed by atoms with Crippen LogP contribution < -0.4 is 31.2 Å². The molecular formula is C30H40N4O6. The van der Waals surface area contributed by atoms with Crippen molar-refractivity contribution >= 4 is 23.6 Å². The van der Waals surface area contributed by atoms with Crippen LogP contribution in [0, 0.1) is 11.8 Å².